The molecule has 0 unspecified atom stereocenters. The Kier molecular flexibility index (Phi) is 4.18. The van der Waals surface area contributed by atoms with E-state index in [1.165, 1.54) is 18.2 Å². The minimum absolute atomic E-state index is 0.0546. The molecule has 0 spiro atoms. The topological polar surface area (TPSA) is 29.1 Å². The number of nitrogens with one attached hydrogen (secondary N) is 1. The lowest BCUT2D eigenvalue weighted by Gasteiger charge is -2.11. The van der Waals surface area contributed by atoms with E-state index in [2.05, 4.69) is 5.32 Å². The third kappa shape index (κ3) is 3.72. The van der Waals surface area contributed by atoms with E-state index in [0.717, 1.165) is 24.3 Å². The highest BCUT2D eigenvalue weighted by Crippen LogP contribution is 2.36. The van der Waals surface area contributed by atoms with Crippen LogP contribution >= 0.6 is 11.6 Å². The lowest BCUT2D eigenvalue weighted by molar-refractivity contribution is -0.137. The highest BCUT2D eigenvalue weighted by atomic mass is 35.5. The predicted molar refractivity (Wildman–Crippen MR) is 70.8 cm³/mol. The maximum absolute atomic E-state index is 12.7. The highest BCUT2D eigenvalue weighted by molar-refractivity contribution is 6.31. The van der Waals surface area contributed by atoms with Gasteiger partial charge in [0, 0.05) is 11.3 Å². The SMILES string of the molecule is O=C(Nc1ccc(Cl)c(C(F)(F)F)c1)c1ccc(F)cc1. The maximum Gasteiger partial charge on any atom is 0.417 e. The molecule has 0 aliphatic rings. The lowest BCUT2D eigenvalue weighted by Crippen LogP contribution is -2.13. The molecule has 0 heterocycles. The molecule has 2 rings (SSSR count). The summed E-state index contributed by atoms with van der Waals surface area (Å²) in [6.07, 6.45) is -4.62. The molecule has 1 N–H and O–H groups in total. The molecule has 2 aromatic rings. The van der Waals surface area contributed by atoms with Crippen molar-refractivity contribution < 1.29 is 22.4 Å². The van der Waals surface area contributed by atoms with Gasteiger partial charge in [0.1, 0.15) is 5.82 Å². The Labute approximate surface area is 122 Å². The van der Waals surface area contributed by atoms with Crippen molar-refractivity contribution >= 4 is 23.2 Å². The van der Waals surface area contributed by atoms with Crippen LogP contribution in [-0.4, -0.2) is 5.91 Å². The van der Waals surface area contributed by atoms with Gasteiger partial charge >= 0.3 is 6.18 Å². The molecule has 1 amide bonds. The summed E-state index contributed by atoms with van der Waals surface area (Å²) in [4.78, 5) is 11.8. The Bertz CT molecular complexity index is 668. The number of carbonyl (C=O) groups is 1. The number of hydrogen-bond acceptors (Lipinski definition) is 1. The zero-order valence-electron chi connectivity index (χ0n) is 10.3. The fourth-order valence-electron chi connectivity index (χ4n) is 1.62. The average molecular weight is 318 g/mol. The van der Waals surface area contributed by atoms with Crippen LogP contribution in [-0.2, 0) is 6.18 Å². The van der Waals surface area contributed by atoms with Crippen LogP contribution in [0.3, 0.4) is 0 Å². The Balaban J connectivity index is 2.24. The second-order valence-corrected chi connectivity index (χ2v) is 4.56. The monoisotopic (exact) mass is 317 g/mol. The summed E-state index contributed by atoms with van der Waals surface area (Å²) in [6, 6.07) is 7.65. The maximum atomic E-state index is 12.7. The van der Waals surface area contributed by atoms with E-state index in [0.29, 0.717) is 0 Å². The van der Waals surface area contributed by atoms with Crippen LogP contribution in [0.25, 0.3) is 0 Å². The number of rotatable bonds is 2. The summed E-state index contributed by atoms with van der Waals surface area (Å²) >= 11 is 5.48. The average Bonchev–Trinajstić information content (AvgIpc) is 2.40. The molecule has 0 fully saturated rings. The molecule has 0 atom stereocenters. The van der Waals surface area contributed by atoms with E-state index >= 15 is 0 Å². The Morgan fingerprint density at radius 2 is 1.67 bits per heavy atom. The van der Waals surface area contributed by atoms with Crippen molar-refractivity contribution in [2.24, 2.45) is 0 Å². The predicted octanol–water partition coefficient (Wildman–Crippen LogP) is 4.75. The van der Waals surface area contributed by atoms with Gasteiger partial charge in [0.2, 0.25) is 0 Å². The van der Waals surface area contributed by atoms with Gasteiger partial charge in [0.25, 0.3) is 5.91 Å². The van der Waals surface area contributed by atoms with Crippen LogP contribution in [0, 0.1) is 5.82 Å². The number of amides is 1. The summed E-state index contributed by atoms with van der Waals surface area (Å²) in [5.74, 6) is -1.16. The number of anilines is 1. The largest absolute Gasteiger partial charge is 0.417 e. The van der Waals surface area contributed by atoms with Gasteiger partial charge in [0.15, 0.2) is 0 Å². The molecular formula is C14H8ClF4NO. The van der Waals surface area contributed by atoms with E-state index in [9.17, 15) is 22.4 Å². The van der Waals surface area contributed by atoms with E-state index < -0.39 is 28.5 Å². The molecular weight excluding hydrogens is 310 g/mol. The molecule has 21 heavy (non-hydrogen) atoms. The zero-order chi connectivity index (χ0) is 15.6. The van der Waals surface area contributed by atoms with Crippen molar-refractivity contribution in [2.45, 2.75) is 6.18 Å². The van der Waals surface area contributed by atoms with Crippen molar-refractivity contribution in [3.63, 3.8) is 0 Å². The molecule has 0 aliphatic carbocycles. The number of alkyl halides is 3. The Morgan fingerprint density at radius 3 is 2.24 bits per heavy atom. The van der Waals surface area contributed by atoms with Crippen molar-refractivity contribution in [2.75, 3.05) is 5.32 Å². The molecule has 2 aromatic carbocycles. The molecule has 110 valence electrons. The molecule has 0 radical (unpaired) electrons. The quantitative estimate of drug-likeness (QED) is 0.796. The lowest BCUT2D eigenvalue weighted by atomic mass is 10.1. The van der Waals surface area contributed by atoms with Gasteiger partial charge in [-0.15, -0.1) is 0 Å². The first-order chi connectivity index (χ1) is 9.77. The van der Waals surface area contributed by atoms with Crippen molar-refractivity contribution in [1.29, 1.82) is 0 Å². The summed E-state index contributed by atoms with van der Waals surface area (Å²) < 4.78 is 50.8. The molecule has 0 saturated carbocycles. The first-order valence-electron chi connectivity index (χ1n) is 5.71. The fraction of sp³-hybridized carbons (Fsp3) is 0.0714. The molecule has 0 bridgehead atoms. The normalized spacial score (nSPS) is 11.3. The number of halogens is 5. The van der Waals surface area contributed by atoms with Gasteiger partial charge in [-0.3, -0.25) is 4.79 Å². The number of hydrogen-bond donors (Lipinski definition) is 1. The van der Waals surface area contributed by atoms with E-state index in [-0.39, 0.29) is 11.3 Å². The van der Waals surface area contributed by atoms with Gasteiger partial charge in [0.05, 0.1) is 10.6 Å². The van der Waals surface area contributed by atoms with Crippen molar-refractivity contribution in [3.8, 4) is 0 Å². The van der Waals surface area contributed by atoms with Crippen LogP contribution in [0.15, 0.2) is 42.5 Å². The third-order valence-electron chi connectivity index (χ3n) is 2.64. The van der Waals surface area contributed by atoms with E-state index in [4.69, 9.17) is 11.6 Å². The van der Waals surface area contributed by atoms with Crippen LogP contribution in [0.1, 0.15) is 15.9 Å². The van der Waals surface area contributed by atoms with Crippen LogP contribution in [0.5, 0.6) is 0 Å². The van der Waals surface area contributed by atoms with Crippen molar-refractivity contribution in [1.82, 2.24) is 0 Å². The number of carbonyl (C=O) groups excluding carboxylic acids is 1. The second kappa shape index (κ2) is 5.73. The summed E-state index contributed by atoms with van der Waals surface area (Å²) in [7, 11) is 0. The van der Waals surface area contributed by atoms with Crippen molar-refractivity contribution in [3.05, 3.63) is 64.4 Å². The standard InChI is InChI=1S/C14H8ClF4NO/c15-12-6-5-10(7-11(12)14(17,18)19)20-13(21)8-1-3-9(16)4-2-8/h1-7H,(H,20,21). The van der Waals surface area contributed by atoms with Gasteiger partial charge in [-0.1, -0.05) is 11.6 Å². The number of benzene rings is 2. The van der Waals surface area contributed by atoms with E-state index in [1.54, 1.807) is 0 Å². The Morgan fingerprint density at radius 1 is 1.05 bits per heavy atom. The molecule has 0 saturated heterocycles. The molecule has 2 nitrogen and oxygen atoms in total. The van der Waals surface area contributed by atoms with Crippen LogP contribution < -0.4 is 5.32 Å². The first kappa shape index (κ1) is 15.3. The fourth-order valence-corrected chi connectivity index (χ4v) is 1.85. The summed E-state index contributed by atoms with van der Waals surface area (Å²) in [5.41, 5.74) is -0.970. The minimum Gasteiger partial charge on any atom is -0.322 e. The molecule has 0 aromatic heterocycles. The zero-order valence-corrected chi connectivity index (χ0v) is 11.1. The van der Waals surface area contributed by atoms with Gasteiger partial charge in [-0.05, 0) is 42.5 Å². The van der Waals surface area contributed by atoms with Gasteiger partial charge in [-0.2, -0.15) is 13.2 Å². The smallest absolute Gasteiger partial charge is 0.322 e. The van der Waals surface area contributed by atoms with Gasteiger partial charge < -0.3 is 5.32 Å². The first-order valence-corrected chi connectivity index (χ1v) is 6.09. The summed E-state index contributed by atoms with van der Waals surface area (Å²) in [6.45, 7) is 0. The highest BCUT2D eigenvalue weighted by Gasteiger charge is 2.33. The summed E-state index contributed by atoms with van der Waals surface area (Å²) in [5, 5.41) is 1.84. The Hall–Kier alpha value is -2.08. The second-order valence-electron chi connectivity index (χ2n) is 4.15. The van der Waals surface area contributed by atoms with E-state index in [1.807, 2.05) is 0 Å². The minimum atomic E-state index is -4.62. The van der Waals surface area contributed by atoms with Gasteiger partial charge in [-0.25, -0.2) is 4.39 Å². The molecule has 7 heteroatoms. The van der Waals surface area contributed by atoms with Crippen LogP contribution in [0.4, 0.5) is 23.2 Å². The molecule has 0 aliphatic heterocycles. The van der Waals surface area contributed by atoms with Crippen LogP contribution in [0.2, 0.25) is 5.02 Å². The third-order valence-corrected chi connectivity index (χ3v) is 2.97.